The summed E-state index contributed by atoms with van der Waals surface area (Å²) in [5.74, 6) is -1.18. The number of anilines is 2. The van der Waals surface area contributed by atoms with E-state index in [1.165, 1.54) is 12.1 Å². The third-order valence-corrected chi connectivity index (χ3v) is 6.63. The number of piperazine rings is 1. The van der Waals surface area contributed by atoms with E-state index in [-0.39, 0.29) is 17.6 Å². The van der Waals surface area contributed by atoms with E-state index in [0.29, 0.717) is 19.5 Å². The number of carbonyl (C=O) groups excluding carboxylic acids is 2. The predicted molar refractivity (Wildman–Crippen MR) is 123 cm³/mol. The molecule has 6 nitrogen and oxygen atoms in total. The number of rotatable bonds is 6. The van der Waals surface area contributed by atoms with Crippen LogP contribution in [-0.2, 0) is 9.59 Å². The summed E-state index contributed by atoms with van der Waals surface area (Å²) in [4.78, 5) is 31.6. The fourth-order valence-electron chi connectivity index (χ4n) is 4.18. The molecule has 31 heavy (non-hydrogen) atoms. The summed E-state index contributed by atoms with van der Waals surface area (Å²) >= 11 is 3.48. The highest BCUT2D eigenvalue weighted by Crippen LogP contribution is 2.31. The Bertz CT molecular complexity index is 931. The molecule has 0 aliphatic carbocycles. The second-order valence-corrected chi connectivity index (χ2v) is 8.73. The first kappa shape index (κ1) is 21.8. The van der Waals surface area contributed by atoms with Crippen molar-refractivity contribution in [3.05, 3.63) is 58.8 Å². The Morgan fingerprint density at radius 2 is 1.74 bits per heavy atom. The SMILES string of the molecule is O=C(NCCN1CCN(c2ccc(F)cc2)CC1)C1CCN(c2ccccc2Br)C1=O. The highest BCUT2D eigenvalue weighted by molar-refractivity contribution is 9.10. The molecule has 0 aromatic heterocycles. The molecule has 2 saturated heterocycles. The van der Waals surface area contributed by atoms with Gasteiger partial charge in [-0.1, -0.05) is 12.1 Å². The molecule has 1 unspecified atom stereocenters. The molecule has 0 radical (unpaired) electrons. The van der Waals surface area contributed by atoms with Crippen LogP contribution < -0.4 is 15.1 Å². The van der Waals surface area contributed by atoms with Crippen LogP contribution in [-0.4, -0.2) is 62.5 Å². The van der Waals surface area contributed by atoms with Crippen molar-refractivity contribution in [2.24, 2.45) is 5.92 Å². The van der Waals surface area contributed by atoms with Crippen molar-refractivity contribution in [2.45, 2.75) is 6.42 Å². The van der Waals surface area contributed by atoms with E-state index < -0.39 is 5.92 Å². The second kappa shape index (κ2) is 9.78. The summed E-state index contributed by atoms with van der Waals surface area (Å²) in [5, 5.41) is 2.94. The van der Waals surface area contributed by atoms with Crippen LogP contribution in [0.15, 0.2) is 53.0 Å². The highest BCUT2D eigenvalue weighted by atomic mass is 79.9. The number of halogens is 2. The van der Waals surface area contributed by atoms with Crippen LogP contribution >= 0.6 is 15.9 Å². The van der Waals surface area contributed by atoms with E-state index in [4.69, 9.17) is 0 Å². The molecule has 0 spiro atoms. The number of benzene rings is 2. The Morgan fingerprint density at radius 3 is 2.45 bits per heavy atom. The van der Waals surface area contributed by atoms with Gasteiger partial charge in [0.1, 0.15) is 11.7 Å². The molecule has 8 heteroatoms. The summed E-state index contributed by atoms with van der Waals surface area (Å²) in [5.41, 5.74) is 1.84. The van der Waals surface area contributed by atoms with Gasteiger partial charge < -0.3 is 15.1 Å². The Hall–Kier alpha value is -2.45. The quantitative estimate of drug-likeness (QED) is 0.635. The second-order valence-electron chi connectivity index (χ2n) is 7.88. The zero-order valence-corrected chi connectivity index (χ0v) is 18.9. The molecule has 2 aromatic rings. The number of carbonyl (C=O) groups is 2. The maximum absolute atomic E-state index is 13.1. The molecule has 2 aromatic carbocycles. The van der Waals surface area contributed by atoms with Gasteiger partial charge in [0, 0.05) is 56.0 Å². The molecule has 2 heterocycles. The van der Waals surface area contributed by atoms with Crippen LogP contribution in [0.1, 0.15) is 6.42 Å². The third-order valence-electron chi connectivity index (χ3n) is 5.96. The van der Waals surface area contributed by atoms with Crippen LogP contribution in [0.4, 0.5) is 15.8 Å². The van der Waals surface area contributed by atoms with E-state index in [1.54, 1.807) is 17.0 Å². The normalized spacial score (nSPS) is 19.7. The van der Waals surface area contributed by atoms with Crippen LogP contribution in [0.2, 0.25) is 0 Å². The molecule has 2 aliphatic heterocycles. The lowest BCUT2D eigenvalue weighted by molar-refractivity contribution is -0.132. The van der Waals surface area contributed by atoms with Crippen LogP contribution in [0, 0.1) is 11.7 Å². The Kier molecular flexibility index (Phi) is 6.87. The van der Waals surface area contributed by atoms with Gasteiger partial charge in [0.2, 0.25) is 11.8 Å². The minimum atomic E-state index is -0.623. The van der Waals surface area contributed by atoms with Gasteiger partial charge in [-0.15, -0.1) is 0 Å². The van der Waals surface area contributed by atoms with Crippen molar-refractivity contribution in [3.8, 4) is 0 Å². The van der Waals surface area contributed by atoms with Gasteiger partial charge >= 0.3 is 0 Å². The molecule has 2 fully saturated rings. The fourth-order valence-corrected chi connectivity index (χ4v) is 4.67. The summed E-state index contributed by atoms with van der Waals surface area (Å²) in [6, 6.07) is 14.1. The summed E-state index contributed by atoms with van der Waals surface area (Å²) in [6.07, 6.45) is 0.530. The first-order chi connectivity index (χ1) is 15.0. The lowest BCUT2D eigenvalue weighted by Crippen LogP contribution is -2.49. The van der Waals surface area contributed by atoms with E-state index in [2.05, 4.69) is 31.0 Å². The monoisotopic (exact) mass is 488 g/mol. The van der Waals surface area contributed by atoms with Gasteiger partial charge in [-0.05, 0) is 58.7 Å². The minimum Gasteiger partial charge on any atom is -0.369 e. The molecule has 0 saturated carbocycles. The number of amides is 2. The van der Waals surface area contributed by atoms with Gasteiger partial charge in [0.15, 0.2) is 0 Å². The number of hydrogen-bond donors (Lipinski definition) is 1. The zero-order valence-electron chi connectivity index (χ0n) is 17.3. The van der Waals surface area contributed by atoms with Crippen molar-refractivity contribution in [1.29, 1.82) is 0 Å². The van der Waals surface area contributed by atoms with Crippen LogP contribution in [0.5, 0.6) is 0 Å². The zero-order chi connectivity index (χ0) is 21.8. The minimum absolute atomic E-state index is 0.141. The number of para-hydroxylation sites is 1. The van der Waals surface area contributed by atoms with Crippen LogP contribution in [0.25, 0.3) is 0 Å². The summed E-state index contributed by atoms with van der Waals surface area (Å²) in [7, 11) is 0. The van der Waals surface area contributed by atoms with E-state index in [1.807, 2.05) is 24.3 Å². The average molecular weight is 489 g/mol. The average Bonchev–Trinajstić information content (AvgIpc) is 3.16. The number of nitrogens with zero attached hydrogens (tertiary/aromatic N) is 3. The standard InChI is InChI=1S/C23H26BrFN4O2/c24-20-3-1-2-4-21(20)29-11-9-19(23(29)31)22(30)26-10-12-27-13-15-28(16-14-27)18-7-5-17(25)6-8-18/h1-8,19H,9-16H2,(H,26,30). The van der Waals surface area contributed by atoms with Crippen molar-refractivity contribution in [2.75, 3.05) is 55.6 Å². The van der Waals surface area contributed by atoms with E-state index in [0.717, 1.165) is 48.6 Å². The molecule has 0 bridgehead atoms. The van der Waals surface area contributed by atoms with E-state index >= 15 is 0 Å². The van der Waals surface area contributed by atoms with Gasteiger partial charge in [-0.25, -0.2) is 4.39 Å². The Labute approximate surface area is 190 Å². The highest BCUT2D eigenvalue weighted by Gasteiger charge is 2.38. The smallest absolute Gasteiger partial charge is 0.239 e. The largest absolute Gasteiger partial charge is 0.369 e. The third kappa shape index (κ3) is 5.07. The Morgan fingerprint density at radius 1 is 1.03 bits per heavy atom. The molecule has 1 N–H and O–H groups in total. The lowest BCUT2D eigenvalue weighted by atomic mass is 10.1. The maximum Gasteiger partial charge on any atom is 0.239 e. The molecular formula is C23H26BrFN4O2. The summed E-state index contributed by atoms with van der Waals surface area (Å²) in [6.45, 7) is 5.30. The summed E-state index contributed by atoms with van der Waals surface area (Å²) < 4.78 is 13.9. The predicted octanol–water partition coefficient (Wildman–Crippen LogP) is 2.88. The van der Waals surface area contributed by atoms with Crippen molar-refractivity contribution >= 4 is 39.1 Å². The van der Waals surface area contributed by atoms with Crippen molar-refractivity contribution in [1.82, 2.24) is 10.2 Å². The first-order valence-electron chi connectivity index (χ1n) is 10.6. The number of hydrogen-bond acceptors (Lipinski definition) is 4. The lowest BCUT2D eigenvalue weighted by Gasteiger charge is -2.36. The van der Waals surface area contributed by atoms with Gasteiger partial charge in [0.25, 0.3) is 0 Å². The maximum atomic E-state index is 13.1. The van der Waals surface area contributed by atoms with Crippen molar-refractivity contribution < 1.29 is 14.0 Å². The molecule has 2 aliphatic rings. The van der Waals surface area contributed by atoms with Gasteiger partial charge in [0.05, 0.1) is 5.69 Å². The van der Waals surface area contributed by atoms with E-state index in [9.17, 15) is 14.0 Å². The first-order valence-corrected chi connectivity index (χ1v) is 11.4. The Balaban J connectivity index is 1.21. The molecule has 4 rings (SSSR count). The van der Waals surface area contributed by atoms with Gasteiger partial charge in [-0.2, -0.15) is 0 Å². The molecule has 164 valence electrons. The molecular weight excluding hydrogens is 463 g/mol. The topological polar surface area (TPSA) is 55.9 Å². The fraction of sp³-hybridized carbons (Fsp3) is 0.391. The molecule has 1 atom stereocenters. The number of nitrogens with one attached hydrogen (secondary N) is 1. The van der Waals surface area contributed by atoms with Crippen molar-refractivity contribution in [3.63, 3.8) is 0 Å². The van der Waals surface area contributed by atoms with Crippen LogP contribution in [0.3, 0.4) is 0 Å². The van der Waals surface area contributed by atoms with Gasteiger partial charge in [-0.3, -0.25) is 14.5 Å². The molecule has 2 amide bonds.